The molecule has 0 heterocycles. The first-order chi connectivity index (χ1) is 6.66. The van der Waals surface area contributed by atoms with Gasteiger partial charge in [-0.1, -0.05) is 39.5 Å². The third-order valence-corrected chi connectivity index (χ3v) is 4.80. The van der Waals surface area contributed by atoms with Crippen molar-refractivity contribution in [1.82, 2.24) is 0 Å². The van der Waals surface area contributed by atoms with Crippen molar-refractivity contribution in [2.45, 2.75) is 58.0 Å². The zero-order chi connectivity index (χ0) is 10.4. The van der Waals surface area contributed by atoms with Crippen LogP contribution in [0.4, 0.5) is 0 Å². The van der Waals surface area contributed by atoms with Gasteiger partial charge in [-0.05, 0) is 24.5 Å². The van der Waals surface area contributed by atoms with Crippen LogP contribution in [0.3, 0.4) is 0 Å². The maximum Gasteiger partial charge on any atom is 0.0737 e. The summed E-state index contributed by atoms with van der Waals surface area (Å²) in [4.78, 5) is 0. The molecule has 2 heteroatoms. The molecule has 0 amide bonds. The highest BCUT2D eigenvalue weighted by Gasteiger charge is 2.28. The Morgan fingerprint density at radius 2 is 1.93 bits per heavy atom. The minimum absolute atomic E-state index is 0.323. The van der Waals surface area contributed by atoms with E-state index in [1.54, 1.807) is 0 Å². The van der Waals surface area contributed by atoms with Crippen LogP contribution in [-0.2, 0) is 0 Å². The molecule has 1 unspecified atom stereocenters. The second-order valence-electron chi connectivity index (χ2n) is 4.81. The van der Waals surface area contributed by atoms with E-state index < -0.39 is 0 Å². The van der Waals surface area contributed by atoms with Crippen LogP contribution >= 0.6 is 11.8 Å². The summed E-state index contributed by atoms with van der Waals surface area (Å²) in [6, 6.07) is 0. The first-order valence-corrected chi connectivity index (χ1v) is 7.12. The summed E-state index contributed by atoms with van der Waals surface area (Å²) in [7, 11) is 0. The first-order valence-electron chi connectivity index (χ1n) is 5.96. The van der Waals surface area contributed by atoms with Crippen molar-refractivity contribution >= 4 is 11.8 Å². The molecular formula is C12H24OS. The molecular weight excluding hydrogens is 192 g/mol. The summed E-state index contributed by atoms with van der Waals surface area (Å²) in [6.45, 7) is 4.53. The van der Waals surface area contributed by atoms with E-state index in [4.69, 9.17) is 0 Å². The molecule has 0 aliphatic heterocycles. The van der Waals surface area contributed by atoms with Gasteiger partial charge in [-0.2, -0.15) is 11.8 Å². The van der Waals surface area contributed by atoms with Crippen LogP contribution in [0.15, 0.2) is 0 Å². The topological polar surface area (TPSA) is 20.2 Å². The predicted octanol–water partition coefficient (Wildman–Crippen LogP) is 3.46. The normalized spacial score (nSPS) is 23.4. The zero-order valence-corrected chi connectivity index (χ0v) is 10.4. The molecule has 1 N–H and O–H groups in total. The fourth-order valence-electron chi connectivity index (χ4n) is 1.92. The maximum absolute atomic E-state index is 10.2. The van der Waals surface area contributed by atoms with E-state index >= 15 is 0 Å². The van der Waals surface area contributed by atoms with E-state index in [2.05, 4.69) is 13.8 Å². The summed E-state index contributed by atoms with van der Waals surface area (Å²) < 4.78 is 0. The van der Waals surface area contributed by atoms with Crippen LogP contribution in [0, 0.1) is 5.92 Å². The van der Waals surface area contributed by atoms with Crippen molar-refractivity contribution in [2.75, 3.05) is 11.5 Å². The molecule has 84 valence electrons. The monoisotopic (exact) mass is 216 g/mol. The van der Waals surface area contributed by atoms with E-state index in [9.17, 15) is 5.11 Å². The minimum Gasteiger partial charge on any atom is -0.389 e. The van der Waals surface area contributed by atoms with E-state index in [0.29, 0.717) is 0 Å². The van der Waals surface area contributed by atoms with Gasteiger partial charge in [0, 0.05) is 5.75 Å². The highest BCUT2D eigenvalue weighted by Crippen LogP contribution is 2.31. The Morgan fingerprint density at radius 1 is 1.29 bits per heavy atom. The molecule has 0 spiro atoms. The predicted molar refractivity (Wildman–Crippen MR) is 64.8 cm³/mol. The van der Waals surface area contributed by atoms with Gasteiger partial charge in [0.1, 0.15) is 0 Å². The summed E-state index contributed by atoms with van der Waals surface area (Å²) in [5.74, 6) is 2.96. The van der Waals surface area contributed by atoms with Gasteiger partial charge in [0.25, 0.3) is 0 Å². The highest BCUT2D eigenvalue weighted by atomic mass is 32.2. The van der Waals surface area contributed by atoms with Gasteiger partial charge in [0.2, 0.25) is 0 Å². The van der Waals surface area contributed by atoms with Crippen LogP contribution in [-0.4, -0.2) is 22.2 Å². The quantitative estimate of drug-likeness (QED) is 0.759. The number of hydrogen-bond donors (Lipinski definition) is 1. The van der Waals surface area contributed by atoms with Crippen molar-refractivity contribution in [3.05, 3.63) is 0 Å². The van der Waals surface area contributed by atoms with Crippen molar-refractivity contribution in [3.63, 3.8) is 0 Å². The molecule has 1 fully saturated rings. The van der Waals surface area contributed by atoms with Crippen molar-refractivity contribution < 1.29 is 5.11 Å². The molecule has 0 radical (unpaired) electrons. The van der Waals surface area contributed by atoms with Crippen LogP contribution in [0.2, 0.25) is 0 Å². The van der Waals surface area contributed by atoms with Crippen LogP contribution < -0.4 is 0 Å². The van der Waals surface area contributed by atoms with Crippen LogP contribution in [0.5, 0.6) is 0 Å². The molecule has 0 saturated heterocycles. The largest absolute Gasteiger partial charge is 0.389 e. The zero-order valence-electron chi connectivity index (χ0n) is 9.59. The summed E-state index contributed by atoms with van der Waals surface area (Å²) in [6.07, 6.45) is 7.07. The average Bonchev–Trinajstić information content (AvgIpc) is 2.18. The molecule has 0 bridgehead atoms. The number of hydrogen-bond acceptors (Lipinski definition) is 2. The lowest BCUT2D eigenvalue weighted by Crippen LogP contribution is -2.34. The molecule has 0 aromatic heterocycles. The Balaban J connectivity index is 2.15. The van der Waals surface area contributed by atoms with Gasteiger partial charge in [0.05, 0.1) is 5.60 Å². The lowest BCUT2D eigenvalue weighted by Gasteiger charge is -2.31. The fraction of sp³-hybridized carbons (Fsp3) is 1.00. The molecule has 1 aliphatic carbocycles. The van der Waals surface area contributed by atoms with Crippen molar-refractivity contribution in [3.8, 4) is 0 Å². The Hall–Kier alpha value is 0.310. The standard InChI is InChI=1S/C12H24OS/c1-3-11(2)9-14-10-12(13)7-5-4-6-8-12/h11,13H,3-10H2,1-2H3. The molecule has 0 aromatic rings. The van der Waals surface area contributed by atoms with E-state index in [0.717, 1.165) is 24.5 Å². The van der Waals surface area contributed by atoms with Crippen molar-refractivity contribution in [2.24, 2.45) is 5.92 Å². The molecule has 1 nitrogen and oxygen atoms in total. The SMILES string of the molecule is CCC(C)CSCC1(O)CCCCC1. The van der Waals surface area contributed by atoms with E-state index in [-0.39, 0.29) is 5.60 Å². The fourth-order valence-corrected chi connectivity index (χ4v) is 3.35. The second kappa shape index (κ2) is 6.02. The highest BCUT2D eigenvalue weighted by molar-refractivity contribution is 7.99. The Morgan fingerprint density at radius 3 is 2.50 bits per heavy atom. The third-order valence-electron chi connectivity index (χ3n) is 3.25. The van der Waals surface area contributed by atoms with Gasteiger partial charge in [-0.3, -0.25) is 0 Å². The van der Waals surface area contributed by atoms with Crippen LogP contribution in [0.25, 0.3) is 0 Å². The van der Waals surface area contributed by atoms with Gasteiger partial charge in [-0.25, -0.2) is 0 Å². The summed E-state index contributed by atoms with van der Waals surface area (Å²) in [5.41, 5.74) is -0.323. The van der Waals surface area contributed by atoms with E-state index in [1.807, 2.05) is 11.8 Å². The lowest BCUT2D eigenvalue weighted by atomic mass is 9.86. The Labute approximate surface area is 92.7 Å². The number of thioether (sulfide) groups is 1. The molecule has 0 aromatic carbocycles. The molecule has 1 saturated carbocycles. The summed E-state index contributed by atoms with van der Waals surface area (Å²) in [5, 5.41) is 10.2. The maximum atomic E-state index is 10.2. The molecule has 14 heavy (non-hydrogen) atoms. The van der Waals surface area contributed by atoms with Gasteiger partial charge < -0.3 is 5.11 Å². The van der Waals surface area contributed by atoms with Gasteiger partial charge in [0.15, 0.2) is 0 Å². The summed E-state index contributed by atoms with van der Waals surface area (Å²) >= 11 is 1.94. The molecule has 1 aliphatic rings. The van der Waals surface area contributed by atoms with E-state index in [1.165, 1.54) is 31.4 Å². The van der Waals surface area contributed by atoms with Crippen molar-refractivity contribution in [1.29, 1.82) is 0 Å². The second-order valence-corrected chi connectivity index (χ2v) is 5.84. The lowest BCUT2D eigenvalue weighted by molar-refractivity contribution is 0.0272. The Bertz CT molecular complexity index is 152. The minimum atomic E-state index is -0.323. The molecule has 1 atom stereocenters. The van der Waals surface area contributed by atoms with Gasteiger partial charge in [-0.15, -0.1) is 0 Å². The van der Waals surface area contributed by atoms with Gasteiger partial charge >= 0.3 is 0 Å². The first kappa shape index (κ1) is 12.4. The van der Waals surface area contributed by atoms with Crippen LogP contribution in [0.1, 0.15) is 52.4 Å². The smallest absolute Gasteiger partial charge is 0.0737 e. The molecule has 1 rings (SSSR count). The number of aliphatic hydroxyl groups is 1. The average molecular weight is 216 g/mol. The third kappa shape index (κ3) is 4.22. The number of rotatable bonds is 5. The Kier molecular flexibility index (Phi) is 5.32.